The zero-order valence-corrected chi connectivity index (χ0v) is 22.4. The number of benzene rings is 3. The van der Waals surface area contributed by atoms with E-state index < -0.39 is 27.8 Å². The molecule has 2 aliphatic rings. The van der Waals surface area contributed by atoms with Gasteiger partial charge in [-0.25, -0.2) is 13.2 Å². The maximum Gasteiger partial charge on any atom is 0.416 e. The summed E-state index contributed by atoms with van der Waals surface area (Å²) in [5.74, 6) is -0.178. The molecule has 2 heterocycles. The van der Waals surface area contributed by atoms with Crippen LogP contribution in [0.5, 0.6) is 0 Å². The van der Waals surface area contributed by atoms with Crippen molar-refractivity contribution in [1.29, 1.82) is 0 Å². The largest absolute Gasteiger partial charge is 0.416 e. The molecule has 2 aliphatic heterocycles. The zero-order valence-electron chi connectivity index (χ0n) is 21.6. The van der Waals surface area contributed by atoms with Crippen molar-refractivity contribution < 1.29 is 31.2 Å². The predicted molar refractivity (Wildman–Crippen MR) is 145 cm³/mol. The number of nitrogens with one attached hydrogen (secondary N) is 1. The molecule has 1 N–H and O–H groups in total. The molecular formula is C28H27F3N4O4S. The Kier molecular flexibility index (Phi) is 7.32. The molecule has 0 radical (unpaired) electrons. The van der Waals surface area contributed by atoms with Gasteiger partial charge in [-0.1, -0.05) is 18.2 Å². The number of carbonyl (C=O) groups excluding carboxylic acids is 2. The Morgan fingerprint density at radius 2 is 1.60 bits per heavy atom. The molecule has 12 heteroatoms. The SMILES string of the molecule is CC(=O)c1ccccc1NC(=O)N1CCc2cc(S(=O)(=O)N3CCN(c4cccc(C(F)(F)F)c4)CC3)ccc21. The van der Waals surface area contributed by atoms with Gasteiger partial charge in [-0.3, -0.25) is 9.69 Å². The van der Waals surface area contributed by atoms with Crippen molar-refractivity contribution >= 4 is 38.9 Å². The second-order valence-corrected chi connectivity index (χ2v) is 11.6. The lowest BCUT2D eigenvalue weighted by molar-refractivity contribution is -0.137. The lowest BCUT2D eigenvalue weighted by atomic mass is 10.1. The number of hydrogen-bond donors (Lipinski definition) is 1. The van der Waals surface area contributed by atoms with Crippen LogP contribution in [0, 0.1) is 0 Å². The second kappa shape index (κ2) is 10.6. The molecule has 3 aromatic rings. The molecule has 0 unspecified atom stereocenters. The lowest BCUT2D eigenvalue weighted by Crippen LogP contribution is -2.48. The van der Waals surface area contributed by atoms with Crippen LogP contribution in [0.15, 0.2) is 71.6 Å². The first-order chi connectivity index (χ1) is 18.9. The highest BCUT2D eigenvalue weighted by Gasteiger charge is 2.33. The fourth-order valence-corrected chi connectivity index (χ4v) is 6.52. The summed E-state index contributed by atoms with van der Waals surface area (Å²) in [6, 6.07) is 15.9. The summed E-state index contributed by atoms with van der Waals surface area (Å²) in [4.78, 5) is 28.3. The lowest BCUT2D eigenvalue weighted by Gasteiger charge is -2.35. The summed E-state index contributed by atoms with van der Waals surface area (Å²) in [6.45, 7) is 2.52. The first kappa shape index (κ1) is 27.7. The van der Waals surface area contributed by atoms with Gasteiger partial charge in [-0.2, -0.15) is 17.5 Å². The quantitative estimate of drug-likeness (QED) is 0.434. The van der Waals surface area contributed by atoms with Gasteiger partial charge in [0.15, 0.2) is 5.78 Å². The number of urea groups is 1. The molecule has 0 atom stereocenters. The number of halogens is 3. The van der Waals surface area contributed by atoms with Gasteiger partial charge in [0, 0.05) is 49.7 Å². The number of rotatable bonds is 5. The maximum atomic E-state index is 13.4. The molecule has 5 rings (SSSR count). The number of para-hydroxylation sites is 1. The van der Waals surface area contributed by atoms with Crippen molar-refractivity contribution in [1.82, 2.24) is 4.31 Å². The van der Waals surface area contributed by atoms with Gasteiger partial charge >= 0.3 is 12.2 Å². The van der Waals surface area contributed by atoms with Gasteiger partial charge in [0.2, 0.25) is 10.0 Å². The first-order valence-corrected chi connectivity index (χ1v) is 14.1. The van der Waals surface area contributed by atoms with Crippen molar-refractivity contribution in [2.45, 2.75) is 24.4 Å². The maximum absolute atomic E-state index is 13.4. The van der Waals surface area contributed by atoms with E-state index in [4.69, 9.17) is 0 Å². The minimum absolute atomic E-state index is 0.1000. The molecule has 0 aromatic heterocycles. The predicted octanol–water partition coefficient (Wildman–Crippen LogP) is 5.01. The van der Waals surface area contributed by atoms with E-state index in [1.807, 2.05) is 0 Å². The van der Waals surface area contributed by atoms with Crippen LogP contribution in [0.4, 0.5) is 35.0 Å². The average molecular weight is 573 g/mol. The number of alkyl halides is 3. The Morgan fingerprint density at radius 3 is 2.30 bits per heavy atom. The molecule has 210 valence electrons. The smallest absolute Gasteiger partial charge is 0.369 e. The molecule has 3 aromatic carbocycles. The Balaban J connectivity index is 1.27. The van der Waals surface area contributed by atoms with Crippen molar-refractivity contribution in [3.63, 3.8) is 0 Å². The minimum Gasteiger partial charge on any atom is -0.369 e. The normalized spacial score (nSPS) is 16.1. The third-order valence-electron chi connectivity index (χ3n) is 7.15. The van der Waals surface area contributed by atoms with Crippen LogP contribution in [0.1, 0.15) is 28.4 Å². The topological polar surface area (TPSA) is 90.0 Å². The van der Waals surface area contributed by atoms with Gasteiger partial charge in [-0.15, -0.1) is 0 Å². The number of amides is 2. The van der Waals surface area contributed by atoms with E-state index in [0.717, 1.165) is 12.1 Å². The van der Waals surface area contributed by atoms with Crippen molar-refractivity contribution in [3.05, 3.63) is 83.4 Å². The van der Waals surface area contributed by atoms with Crippen molar-refractivity contribution in [2.24, 2.45) is 0 Å². The second-order valence-electron chi connectivity index (χ2n) is 9.66. The first-order valence-electron chi connectivity index (χ1n) is 12.7. The number of hydrogen-bond acceptors (Lipinski definition) is 5. The van der Waals surface area contributed by atoms with E-state index in [0.29, 0.717) is 41.2 Å². The van der Waals surface area contributed by atoms with E-state index in [2.05, 4.69) is 5.32 Å². The number of Topliss-reactive ketones (excluding diaryl/α,β-unsaturated/α-hetero) is 1. The number of carbonyl (C=O) groups is 2. The van der Waals surface area contributed by atoms with Gasteiger partial charge in [0.1, 0.15) is 0 Å². The van der Waals surface area contributed by atoms with Gasteiger partial charge in [0.05, 0.1) is 16.1 Å². The van der Waals surface area contributed by atoms with Crippen LogP contribution < -0.4 is 15.1 Å². The van der Waals surface area contributed by atoms with Crippen molar-refractivity contribution in [3.8, 4) is 0 Å². The van der Waals surface area contributed by atoms with E-state index in [9.17, 15) is 31.2 Å². The van der Waals surface area contributed by atoms with Crippen LogP contribution in [0.2, 0.25) is 0 Å². The van der Waals surface area contributed by atoms with Crippen molar-refractivity contribution in [2.75, 3.05) is 47.8 Å². The van der Waals surface area contributed by atoms with Gasteiger partial charge in [0.25, 0.3) is 0 Å². The van der Waals surface area contributed by atoms with Crippen LogP contribution in [-0.4, -0.2) is 57.3 Å². The molecule has 1 saturated heterocycles. The molecular weight excluding hydrogens is 545 g/mol. The number of anilines is 3. The molecule has 1 fully saturated rings. The average Bonchev–Trinajstić information content (AvgIpc) is 3.36. The van der Waals surface area contributed by atoms with E-state index in [1.54, 1.807) is 47.4 Å². The molecule has 0 bridgehead atoms. The molecule has 8 nitrogen and oxygen atoms in total. The Morgan fingerprint density at radius 1 is 0.875 bits per heavy atom. The molecule has 0 saturated carbocycles. The standard InChI is InChI=1S/C28H27F3N4O4S/c1-19(36)24-7-2-3-8-25(24)32-27(37)35-12-11-20-17-23(9-10-26(20)35)40(38,39)34-15-13-33(14-16-34)22-6-4-5-21(18-22)28(29,30)31/h2-10,17-18H,11-16H2,1H3,(H,32,37). The third-order valence-corrected chi connectivity index (χ3v) is 9.05. The number of sulfonamides is 1. The van der Waals surface area contributed by atoms with E-state index in [-0.39, 0.29) is 36.9 Å². The monoisotopic (exact) mass is 572 g/mol. The fourth-order valence-electron chi connectivity index (χ4n) is 5.05. The molecule has 2 amide bonds. The highest BCUT2D eigenvalue weighted by Crippen LogP contribution is 2.34. The van der Waals surface area contributed by atoms with Crippen LogP contribution in [0.3, 0.4) is 0 Å². The molecule has 40 heavy (non-hydrogen) atoms. The van der Waals surface area contributed by atoms with Gasteiger partial charge < -0.3 is 10.2 Å². The number of ketones is 1. The number of piperazine rings is 1. The molecule has 0 aliphatic carbocycles. The summed E-state index contributed by atoms with van der Waals surface area (Å²) in [5.41, 5.74) is 1.74. The summed E-state index contributed by atoms with van der Waals surface area (Å²) in [7, 11) is -3.85. The Hall–Kier alpha value is -3.90. The van der Waals surface area contributed by atoms with E-state index >= 15 is 0 Å². The zero-order chi connectivity index (χ0) is 28.7. The minimum atomic E-state index is -4.45. The third kappa shape index (κ3) is 5.41. The Labute approximate surface area is 230 Å². The fraction of sp³-hybridized carbons (Fsp3) is 0.286. The summed E-state index contributed by atoms with van der Waals surface area (Å²) >= 11 is 0. The number of fused-ring (bicyclic) bond motifs is 1. The number of nitrogens with zero attached hydrogens (tertiary/aromatic N) is 3. The Bertz CT molecular complexity index is 1570. The summed E-state index contributed by atoms with van der Waals surface area (Å²) in [6.07, 6.45) is -3.99. The highest BCUT2D eigenvalue weighted by atomic mass is 32.2. The summed E-state index contributed by atoms with van der Waals surface area (Å²) < 4.78 is 67.5. The van der Waals surface area contributed by atoms with Crippen LogP contribution in [0.25, 0.3) is 0 Å². The van der Waals surface area contributed by atoms with Crippen LogP contribution >= 0.6 is 0 Å². The van der Waals surface area contributed by atoms with Crippen LogP contribution in [-0.2, 0) is 22.6 Å². The van der Waals surface area contributed by atoms with Gasteiger partial charge in [-0.05, 0) is 67.4 Å². The summed E-state index contributed by atoms with van der Waals surface area (Å²) in [5, 5.41) is 2.77. The van der Waals surface area contributed by atoms with E-state index in [1.165, 1.54) is 28.3 Å². The molecule has 0 spiro atoms. The highest BCUT2D eigenvalue weighted by molar-refractivity contribution is 7.89.